The van der Waals surface area contributed by atoms with E-state index in [1.165, 1.54) is 7.11 Å². The second-order valence-electron chi connectivity index (χ2n) is 5.26. The van der Waals surface area contributed by atoms with Crippen LogP contribution in [-0.4, -0.2) is 30.2 Å². The Bertz CT molecular complexity index is 396. The third kappa shape index (κ3) is 6.76. The maximum Gasteiger partial charge on any atom is 0.308 e. The molecule has 0 saturated carbocycles. The van der Waals surface area contributed by atoms with Gasteiger partial charge in [0.2, 0.25) is 0 Å². The smallest absolute Gasteiger partial charge is 0.308 e. The van der Waals surface area contributed by atoms with Crippen LogP contribution in [0.4, 0.5) is 0 Å². The number of hydrogen-bond donors (Lipinski definition) is 1. The number of rotatable bonds is 6. The van der Waals surface area contributed by atoms with Gasteiger partial charge in [0.1, 0.15) is 5.75 Å². The third-order valence-corrected chi connectivity index (χ3v) is 2.40. The minimum absolute atomic E-state index is 0.0668. The van der Waals surface area contributed by atoms with Gasteiger partial charge in [-0.15, -0.1) is 0 Å². The topological polar surface area (TPSA) is 60.5 Å². The number of aromatic nitrogens is 1. The van der Waals surface area contributed by atoms with Crippen LogP contribution >= 0.6 is 0 Å². The van der Waals surface area contributed by atoms with E-state index < -0.39 is 0 Å². The maximum absolute atomic E-state index is 10.9. The van der Waals surface area contributed by atoms with E-state index in [1.807, 2.05) is 12.1 Å². The van der Waals surface area contributed by atoms with Crippen molar-refractivity contribution in [2.24, 2.45) is 0 Å². The highest BCUT2D eigenvalue weighted by Crippen LogP contribution is 2.10. The number of hydrogen-bond acceptors (Lipinski definition) is 5. The molecule has 0 radical (unpaired) electrons. The highest BCUT2D eigenvalue weighted by molar-refractivity contribution is 5.69. The number of esters is 1. The molecule has 1 heterocycles. The van der Waals surface area contributed by atoms with Crippen molar-refractivity contribution in [2.45, 2.75) is 39.3 Å². The van der Waals surface area contributed by atoms with Crippen LogP contribution in [0, 0.1) is 0 Å². The summed E-state index contributed by atoms with van der Waals surface area (Å²) in [6.45, 7) is 7.34. The van der Waals surface area contributed by atoms with Crippen molar-refractivity contribution in [3.63, 3.8) is 0 Å². The molecule has 0 spiro atoms. The summed E-state index contributed by atoms with van der Waals surface area (Å²) in [6.07, 6.45) is 1.90. The standard InChI is InChI=1S/C14H22N2O3/c1-14(2,3)16-9-11-5-6-12(10-15-11)19-8-7-13(17)18-4/h5-6,10,16H,7-9H2,1-4H3. The molecule has 1 aromatic rings. The summed E-state index contributed by atoms with van der Waals surface area (Å²) in [5, 5.41) is 3.36. The fraction of sp³-hybridized carbons (Fsp3) is 0.571. The van der Waals surface area contributed by atoms with Crippen LogP contribution in [0.15, 0.2) is 18.3 Å². The Morgan fingerprint density at radius 3 is 2.63 bits per heavy atom. The number of nitrogens with one attached hydrogen (secondary N) is 1. The van der Waals surface area contributed by atoms with E-state index in [9.17, 15) is 4.79 Å². The lowest BCUT2D eigenvalue weighted by Gasteiger charge is -2.20. The predicted octanol–water partition coefficient (Wildman–Crippen LogP) is 1.91. The molecule has 106 valence electrons. The van der Waals surface area contributed by atoms with Crippen LogP contribution in [0.1, 0.15) is 32.9 Å². The quantitative estimate of drug-likeness (QED) is 0.797. The molecular weight excluding hydrogens is 244 g/mol. The second kappa shape index (κ2) is 7.09. The van der Waals surface area contributed by atoms with Gasteiger partial charge >= 0.3 is 5.97 Å². The van der Waals surface area contributed by atoms with Gasteiger partial charge in [0.05, 0.1) is 32.0 Å². The van der Waals surface area contributed by atoms with E-state index in [0.29, 0.717) is 18.9 Å². The molecule has 0 atom stereocenters. The first-order valence-electron chi connectivity index (χ1n) is 6.30. The van der Waals surface area contributed by atoms with Crippen LogP contribution in [0.25, 0.3) is 0 Å². The Kier molecular flexibility index (Phi) is 5.76. The van der Waals surface area contributed by atoms with Crippen molar-refractivity contribution in [3.05, 3.63) is 24.0 Å². The molecule has 0 saturated heterocycles. The summed E-state index contributed by atoms with van der Waals surface area (Å²) in [7, 11) is 1.36. The number of nitrogens with zero attached hydrogens (tertiary/aromatic N) is 1. The molecule has 0 aliphatic heterocycles. The van der Waals surface area contributed by atoms with Gasteiger partial charge in [0.25, 0.3) is 0 Å². The van der Waals surface area contributed by atoms with Crippen molar-refractivity contribution < 1.29 is 14.3 Å². The number of carbonyl (C=O) groups is 1. The molecule has 0 bridgehead atoms. The highest BCUT2D eigenvalue weighted by atomic mass is 16.5. The zero-order chi connectivity index (χ0) is 14.3. The zero-order valence-electron chi connectivity index (χ0n) is 12.0. The first-order valence-corrected chi connectivity index (χ1v) is 6.30. The zero-order valence-corrected chi connectivity index (χ0v) is 12.0. The minimum Gasteiger partial charge on any atom is -0.491 e. The molecular formula is C14H22N2O3. The van der Waals surface area contributed by atoms with E-state index in [1.54, 1.807) is 6.20 Å². The fourth-order valence-corrected chi connectivity index (χ4v) is 1.31. The first kappa shape index (κ1) is 15.4. The van der Waals surface area contributed by atoms with Crippen molar-refractivity contribution in [1.29, 1.82) is 0 Å². The average molecular weight is 266 g/mol. The summed E-state index contributed by atoms with van der Waals surface area (Å²) in [4.78, 5) is 15.2. The van der Waals surface area contributed by atoms with Crippen molar-refractivity contribution in [1.82, 2.24) is 10.3 Å². The Morgan fingerprint density at radius 1 is 1.37 bits per heavy atom. The Labute approximate surface area is 114 Å². The number of ether oxygens (including phenoxy) is 2. The molecule has 5 nitrogen and oxygen atoms in total. The Hall–Kier alpha value is -1.62. The van der Waals surface area contributed by atoms with Crippen molar-refractivity contribution in [3.8, 4) is 5.75 Å². The van der Waals surface area contributed by atoms with Crippen molar-refractivity contribution >= 4 is 5.97 Å². The van der Waals surface area contributed by atoms with E-state index in [0.717, 1.165) is 5.69 Å². The summed E-state index contributed by atoms with van der Waals surface area (Å²) >= 11 is 0. The van der Waals surface area contributed by atoms with Crippen LogP contribution < -0.4 is 10.1 Å². The van der Waals surface area contributed by atoms with E-state index in [-0.39, 0.29) is 17.9 Å². The monoisotopic (exact) mass is 266 g/mol. The minimum atomic E-state index is -0.279. The first-order chi connectivity index (χ1) is 8.90. The summed E-state index contributed by atoms with van der Waals surface area (Å²) in [5.74, 6) is 0.377. The van der Waals surface area contributed by atoms with Gasteiger partial charge in [0.15, 0.2) is 0 Å². The normalized spacial score (nSPS) is 11.2. The van der Waals surface area contributed by atoms with Gasteiger partial charge in [-0.1, -0.05) is 0 Å². The summed E-state index contributed by atoms with van der Waals surface area (Å²) in [5.41, 5.74) is 1.02. The van der Waals surface area contributed by atoms with Crippen LogP contribution in [-0.2, 0) is 16.1 Å². The lowest BCUT2D eigenvalue weighted by atomic mass is 10.1. The lowest BCUT2D eigenvalue weighted by Crippen LogP contribution is -2.35. The molecule has 0 aliphatic rings. The SMILES string of the molecule is COC(=O)CCOc1ccc(CNC(C)(C)C)nc1. The van der Waals surface area contributed by atoms with E-state index in [4.69, 9.17) is 4.74 Å². The largest absolute Gasteiger partial charge is 0.491 e. The highest BCUT2D eigenvalue weighted by Gasteiger charge is 2.08. The van der Waals surface area contributed by atoms with Crippen molar-refractivity contribution in [2.75, 3.05) is 13.7 Å². The van der Waals surface area contributed by atoms with Gasteiger partial charge in [-0.05, 0) is 32.9 Å². The third-order valence-electron chi connectivity index (χ3n) is 2.40. The van der Waals surface area contributed by atoms with E-state index >= 15 is 0 Å². The average Bonchev–Trinajstić information content (AvgIpc) is 2.36. The number of pyridine rings is 1. The Morgan fingerprint density at radius 2 is 2.11 bits per heavy atom. The molecule has 1 aromatic heterocycles. The molecule has 0 amide bonds. The fourth-order valence-electron chi connectivity index (χ4n) is 1.31. The predicted molar refractivity (Wildman–Crippen MR) is 73.0 cm³/mol. The van der Waals surface area contributed by atoms with Gasteiger partial charge in [-0.3, -0.25) is 9.78 Å². The molecule has 1 rings (SSSR count). The summed E-state index contributed by atoms with van der Waals surface area (Å²) in [6, 6.07) is 3.76. The molecule has 0 fully saturated rings. The molecule has 0 aliphatic carbocycles. The molecule has 0 unspecified atom stereocenters. The lowest BCUT2D eigenvalue weighted by molar-refractivity contribution is -0.141. The molecule has 19 heavy (non-hydrogen) atoms. The Balaban J connectivity index is 2.37. The number of methoxy groups -OCH3 is 1. The van der Waals surface area contributed by atoms with Crippen LogP contribution in [0.5, 0.6) is 5.75 Å². The van der Waals surface area contributed by atoms with Gasteiger partial charge in [-0.2, -0.15) is 0 Å². The van der Waals surface area contributed by atoms with Gasteiger partial charge < -0.3 is 14.8 Å². The second-order valence-corrected chi connectivity index (χ2v) is 5.26. The molecule has 1 N–H and O–H groups in total. The van der Waals surface area contributed by atoms with Crippen LogP contribution in [0.3, 0.4) is 0 Å². The molecule has 0 aromatic carbocycles. The maximum atomic E-state index is 10.9. The van der Waals surface area contributed by atoms with E-state index in [2.05, 4.69) is 35.8 Å². The van der Waals surface area contributed by atoms with Gasteiger partial charge in [-0.25, -0.2) is 0 Å². The molecule has 5 heteroatoms. The van der Waals surface area contributed by atoms with Crippen LogP contribution in [0.2, 0.25) is 0 Å². The van der Waals surface area contributed by atoms with Gasteiger partial charge in [0, 0.05) is 12.1 Å². The summed E-state index contributed by atoms with van der Waals surface area (Å²) < 4.78 is 9.92. The number of carbonyl (C=O) groups excluding carboxylic acids is 1.